The molecule has 0 amide bonds. The molecule has 0 spiro atoms. The molecule has 8 nitrogen and oxygen atoms in total. The highest BCUT2D eigenvalue weighted by molar-refractivity contribution is 7.89. The van der Waals surface area contributed by atoms with E-state index >= 15 is 0 Å². The predicted octanol–water partition coefficient (Wildman–Crippen LogP) is 4.01. The number of sulfonamides is 1. The van der Waals surface area contributed by atoms with Gasteiger partial charge in [0, 0.05) is 19.2 Å². The van der Waals surface area contributed by atoms with Crippen LogP contribution in [-0.4, -0.2) is 43.9 Å². The molecule has 9 heteroatoms. The van der Waals surface area contributed by atoms with Gasteiger partial charge < -0.3 is 10.1 Å². The van der Waals surface area contributed by atoms with Crippen molar-refractivity contribution >= 4 is 21.4 Å². The molecule has 4 rings (SSSR count). The van der Waals surface area contributed by atoms with Crippen molar-refractivity contribution in [3.8, 4) is 0 Å². The monoisotopic (exact) mass is 467 g/mol. The number of nitro groups is 1. The first kappa shape index (κ1) is 22.9. The normalized spacial score (nSPS) is 15.6. The topological polar surface area (TPSA) is 102 Å². The zero-order chi connectivity index (χ0) is 23.3. The van der Waals surface area contributed by atoms with E-state index < -0.39 is 14.9 Å². The van der Waals surface area contributed by atoms with Gasteiger partial charge in [-0.2, -0.15) is 4.31 Å². The van der Waals surface area contributed by atoms with Crippen molar-refractivity contribution in [3.05, 3.63) is 100 Å². The van der Waals surface area contributed by atoms with Gasteiger partial charge in [-0.05, 0) is 29.7 Å². The number of rotatable bonds is 8. The summed E-state index contributed by atoms with van der Waals surface area (Å²) in [6, 6.07) is 23.3. The van der Waals surface area contributed by atoms with Crippen LogP contribution in [0.25, 0.3) is 0 Å². The predicted molar refractivity (Wildman–Crippen MR) is 126 cm³/mol. The van der Waals surface area contributed by atoms with Crippen LogP contribution in [0.5, 0.6) is 0 Å². The fourth-order valence-corrected chi connectivity index (χ4v) is 5.28. The highest BCUT2D eigenvalue weighted by Crippen LogP contribution is 2.33. The summed E-state index contributed by atoms with van der Waals surface area (Å²) in [5.74, 6) is 0. The Morgan fingerprint density at radius 3 is 2.24 bits per heavy atom. The van der Waals surface area contributed by atoms with E-state index in [0.717, 1.165) is 17.2 Å². The molecule has 0 aliphatic carbocycles. The van der Waals surface area contributed by atoms with Crippen molar-refractivity contribution in [1.29, 1.82) is 0 Å². The van der Waals surface area contributed by atoms with Crippen molar-refractivity contribution in [1.82, 2.24) is 4.31 Å². The Kier molecular flexibility index (Phi) is 7.02. The summed E-state index contributed by atoms with van der Waals surface area (Å²) in [6.07, 6.45) is 0.607. The Morgan fingerprint density at radius 2 is 1.61 bits per heavy atom. The highest BCUT2D eigenvalue weighted by atomic mass is 32.2. The van der Waals surface area contributed by atoms with E-state index in [4.69, 9.17) is 4.74 Å². The average Bonchev–Trinajstić information content (AvgIpc) is 2.85. The maximum Gasteiger partial charge on any atom is 0.293 e. The second-order valence-electron chi connectivity index (χ2n) is 7.75. The van der Waals surface area contributed by atoms with E-state index in [1.165, 1.54) is 16.4 Å². The number of nitrogens with zero attached hydrogens (tertiary/aromatic N) is 2. The maximum atomic E-state index is 13.0. The highest BCUT2D eigenvalue weighted by Gasteiger charge is 2.29. The molecule has 0 radical (unpaired) electrons. The average molecular weight is 468 g/mol. The first-order valence-electron chi connectivity index (χ1n) is 10.7. The van der Waals surface area contributed by atoms with Crippen LogP contribution >= 0.6 is 0 Å². The molecule has 0 bridgehead atoms. The van der Waals surface area contributed by atoms with E-state index in [2.05, 4.69) is 5.32 Å². The Morgan fingerprint density at radius 1 is 0.970 bits per heavy atom. The fraction of sp³-hybridized carbons (Fsp3) is 0.250. The number of benzene rings is 3. The quantitative estimate of drug-likeness (QED) is 0.397. The molecule has 1 fully saturated rings. The van der Waals surface area contributed by atoms with E-state index in [0.29, 0.717) is 19.6 Å². The molecule has 0 aromatic heterocycles. The van der Waals surface area contributed by atoms with E-state index in [9.17, 15) is 18.5 Å². The van der Waals surface area contributed by atoms with Gasteiger partial charge in [0.15, 0.2) is 0 Å². The van der Waals surface area contributed by atoms with Gasteiger partial charge in [0.2, 0.25) is 10.0 Å². The van der Waals surface area contributed by atoms with Gasteiger partial charge in [0.1, 0.15) is 5.69 Å². The molecule has 1 aliphatic heterocycles. The Balaban J connectivity index is 1.67. The molecule has 1 N–H and O–H groups in total. The third-order valence-corrected chi connectivity index (χ3v) is 7.48. The van der Waals surface area contributed by atoms with Crippen molar-refractivity contribution in [2.45, 2.75) is 17.4 Å². The molecule has 0 saturated carbocycles. The standard InChI is InChI=1S/C24H25N3O5S/c28-27(29)24-18-21(33(30,31)26-13-15-32-16-14-26)11-12-22(24)25-23(20-9-5-2-6-10-20)17-19-7-3-1-4-8-19/h1-12,18,23,25H,13-17H2/t23-/m0/s1. The molecule has 0 unspecified atom stereocenters. The molecular weight excluding hydrogens is 442 g/mol. The van der Waals surface area contributed by atoms with Crippen LogP contribution in [-0.2, 0) is 21.2 Å². The largest absolute Gasteiger partial charge is 0.379 e. The first-order chi connectivity index (χ1) is 15.9. The Bertz CT molecular complexity index is 1200. The summed E-state index contributed by atoms with van der Waals surface area (Å²) in [5.41, 5.74) is 2.04. The number of nitrogens with one attached hydrogen (secondary N) is 1. The fourth-order valence-electron chi connectivity index (χ4n) is 3.86. The molecular formula is C24H25N3O5S. The van der Waals surface area contributed by atoms with Gasteiger partial charge in [-0.3, -0.25) is 10.1 Å². The molecule has 172 valence electrons. The Labute approximate surface area is 193 Å². The first-order valence-corrected chi connectivity index (χ1v) is 12.1. The van der Waals surface area contributed by atoms with E-state index in [1.54, 1.807) is 0 Å². The van der Waals surface area contributed by atoms with E-state index in [-0.39, 0.29) is 35.4 Å². The van der Waals surface area contributed by atoms with Crippen LogP contribution in [0.4, 0.5) is 11.4 Å². The Hall–Kier alpha value is -3.27. The minimum atomic E-state index is -3.84. The van der Waals surface area contributed by atoms with Crippen LogP contribution in [0.2, 0.25) is 0 Å². The van der Waals surface area contributed by atoms with Crippen LogP contribution in [0.3, 0.4) is 0 Å². The summed E-state index contributed by atoms with van der Waals surface area (Å²) in [5, 5.41) is 15.2. The minimum absolute atomic E-state index is 0.0963. The number of ether oxygens (including phenoxy) is 1. The lowest BCUT2D eigenvalue weighted by molar-refractivity contribution is -0.384. The van der Waals surface area contributed by atoms with Gasteiger partial charge in [0.05, 0.1) is 29.1 Å². The van der Waals surface area contributed by atoms with Gasteiger partial charge in [0.25, 0.3) is 5.69 Å². The number of anilines is 1. The molecule has 1 aliphatic rings. The summed E-state index contributed by atoms with van der Waals surface area (Å²) in [4.78, 5) is 11.2. The summed E-state index contributed by atoms with van der Waals surface area (Å²) < 4.78 is 32.5. The minimum Gasteiger partial charge on any atom is -0.379 e. The van der Waals surface area contributed by atoms with Crippen molar-refractivity contribution < 1.29 is 18.1 Å². The van der Waals surface area contributed by atoms with Crippen LogP contribution in [0.1, 0.15) is 17.2 Å². The lowest BCUT2D eigenvalue weighted by Gasteiger charge is -2.26. The molecule has 33 heavy (non-hydrogen) atoms. The van der Waals surface area contributed by atoms with Crippen molar-refractivity contribution in [3.63, 3.8) is 0 Å². The molecule has 1 saturated heterocycles. The molecule has 3 aromatic rings. The maximum absolute atomic E-state index is 13.0. The summed E-state index contributed by atoms with van der Waals surface area (Å²) in [6.45, 7) is 1.06. The van der Waals surface area contributed by atoms with Crippen LogP contribution < -0.4 is 5.32 Å². The van der Waals surface area contributed by atoms with Crippen LogP contribution in [0.15, 0.2) is 83.8 Å². The molecule has 1 heterocycles. The van der Waals surface area contributed by atoms with Crippen molar-refractivity contribution in [2.75, 3.05) is 31.6 Å². The number of hydrogen-bond donors (Lipinski definition) is 1. The number of morpholine rings is 1. The third kappa shape index (κ3) is 5.39. The van der Waals surface area contributed by atoms with Gasteiger partial charge in [-0.25, -0.2) is 8.42 Å². The lowest BCUT2D eigenvalue weighted by Crippen LogP contribution is -2.40. The second-order valence-corrected chi connectivity index (χ2v) is 9.69. The second kappa shape index (κ2) is 10.1. The lowest BCUT2D eigenvalue weighted by atomic mass is 9.98. The SMILES string of the molecule is O=[N+]([O-])c1cc(S(=O)(=O)N2CCOCC2)ccc1N[C@@H](Cc1ccccc1)c1ccccc1. The molecule has 3 aromatic carbocycles. The van der Waals surface area contributed by atoms with E-state index in [1.807, 2.05) is 60.7 Å². The zero-order valence-corrected chi connectivity index (χ0v) is 18.8. The van der Waals surface area contributed by atoms with Gasteiger partial charge in [-0.1, -0.05) is 60.7 Å². The van der Waals surface area contributed by atoms with Crippen LogP contribution in [0, 0.1) is 10.1 Å². The summed E-state index contributed by atoms with van der Waals surface area (Å²) >= 11 is 0. The number of hydrogen-bond acceptors (Lipinski definition) is 6. The smallest absolute Gasteiger partial charge is 0.293 e. The van der Waals surface area contributed by atoms with Gasteiger partial charge in [-0.15, -0.1) is 0 Å². The van der Waals surface area contributed by atoms with Crippen molar-refractivity contribution in [2.24, 2.45) is 0 Å². The molecule has 1 atom stereocenters. The van der Waals surface area contributed by atoms with Gasteiger partial charge >= 0.3 is 0 Å². The summed E-state index contributed by atoms with van der Waals surface area (Å²) in [7, 11) is -3.84. The third-order valence-electron chi connectivity index (χ3n) is 5.59. The zero-order valence-electron chi connectivity index (χ0n) is 18.0. The number of nitro benzene ring substituents is 1.